The Morgan fingerprint density at radius 1 is 1.42 bits per heavy atom. The van der Waals surface area contributed by atoms with Gasteiger partial charge in [0.1, 0.15) is 6.61 Å². The number of halogens is 4. The number of alkyl halides is 3. The number of nitrogens with one attached hydrogen (secondary N) is 1. The molecule has 0 aliphatic rings. The smallest absolute Gasteiger partial charge is 0.372 e. The van der Waals surface area contributed by atoms with E-state index in [1.807, 2.05) is 48.8 Å². The molecule has 24 heavy (non-hydrogen) atoms. The van der Waals surface area contributed by atoms with Crippen molar-refractivity contribution < 1.29 is 17.9 Å². The van der Waals surface area contributed by atoms with E-state index in [-0.39, 0.29) is 30.6 Å². The number of aryl methyl sites for hydroxylation is 1. The van der Waals surface area contributed by atoms with Crippen LogP contribution in [0, 0.1) is 0 Å². The quantitative estimate of drug-likeness (QED) is 0.280. The van der Waals surface area contributed by atoms with Crippen molar-refractivity contribution in [1.82, 2.24) is 14.8 Å². The standard InChI is InChI=1S/C15H25F3N4O.HI/c1-4-19-14(20-8-6-10-23-12-15(16,17)18)22(3)11-13-7-5-9-21(13)2;/h5,7,9H,4,6,8,10-12H2,1-3H3,(H,19,20);1H. The Morgan fingerprint density at radius 3 is 2.67 bits per heavy atom. The molecule has 9 heteroatoms. The van der Waals surface area contributed by atoms with Gasteiger partial charge in [0.05, 0.1) is 6.54 Å². The predicted molar refractivity (Wildman–Crippen MR) is 99.8 cm³/mol. The lowest BCUT2D eigenvalue weighted by Gasteiger charge is -2.22. The van der Waals surface area contributed by atoms with Crippen LogP contribution in [0.1, 0.15) is 19.0 Å². The highest BCUT2D eigenvalue weighted by atomic mass is 127. The number of rotatable bonds is 8. The Labute approximate surface area is 158 Å². The molecule has 5 nitrogen and oxygen atoms in total. The van der Waals surface area contributed by atoms with Crippen LogP contribution in [-0.4, -0.2) is 55.0 Å². The van der Waals surface area contributed by atoms with Gasteiger partial charge in [0.15, 0.2) is 5.96 Å². The maximum Gasteiger partial charge on any atom is 0.411 e. The van der Waals surface area contributed by atoms with Crippen LogP contribution in [0.2, 0.25) is 0 Å². The zero-order chi connectivity index (χ0) is 17.3. The van der Waals surface area contributed by atoms with Crippen molar-refractivity contribution in [2.45, 2.75) is 26.1 Å². The van der Waals surface area contributed by atoms with Crippen LogP contribution in [0.4, 0.5) is 13.2 Å². The second-order valence-corrected chi connectivity index (χ2v) is 5.22. The van der Waals surface area contributed by atoms with Crippen molar-refractivity contribution in [1.29, 1.82) is 0 Å². The lowest BCUT2D eigenvalue weighted by molar-refractivity contribution is -0.173. The normalized spacial score (nSPS) is 12.0. The van der Waals surface area contributed by atoms with Crippen molar-refractivity contribution in [2.75, 3.05) is 33.4 Å². The third-order valence-electron chi connectivity index (χ3n) is 3.12. The number of hydrogen-bond acceptors (Lipinski definition) is 2. The molecule has 0 atom stereocenters. The molecule has 0 aliphatic carbocycles. The molecule has 0 bridgehead atoms. The summed E-state index contributed by atoms with van der Waals surface area (Å²) in [4.78, 5) is 6.40. The summed E-state index contributed by atoms with van der Waals surface area (Å²) in [5, 5.41) is 3.18. The van der Waals surface area contributed by atoms with E-state index in [0.717, 1.165) is 18.2 Å². The number of aliphatic imine (C=N–C) groups is 1. The average molecular weight is 462 g/mol. The average Bonchev–Trinajstić information content (AvgIpc) is 2.85. The number of guanidine groups is 1. The summed E-state index contributed by atoms with van der Waals surface area (Å²) < 4.78 is 42.4. The van der Waals surface area contributed by atoms with Crippen LogP contribution in [0.25, 0.3) is 0 Å². The summed E-state index contributed by atoms with van der Waals surface area (Å²) >= 11 is 0. The summed E-state index contributed by atoms with van der Waals surface area (Å²) in [6.45, 7) is 2.64. The van der Waals surface area contributed by atoms with Crippen molar-refractivity contribution in [3.05, 3.63) is 24.0 Å². The minimum Gasteiger partial charge on any atom is -0.372 e. The molecular weight excluding hydrogens is 436 g/mol. The van der Waals surface area contributed by atoms with Crippen LogP contribution < -0.4 is 5.32 Å². The van der Waals surface area contributed by atoms with Crippen molar-refractivity contribution >= 4 is 29.9 Å². The van der Waals surface area contributed by atoms with Crippen LogP contribution in [0.5, 0.6) is 0 Å². The van der Waals surface area contributed by atoms with Gasteiger partial charge in [-0.15, -0.1) is 24.0 Å². The monoisotopic (exact) mass is 462 g/mol. The third-order valence-corrected chi connectivity index (χ3v) is 3.12. The van der Waals surface area contributed by atoms with Crippen molar-refractivity contribution in [3.63, 3.8) is 0 Å². The highest BCUT2D eigenvalue weighted by molar-refractivity contribution is 14.0. The molecule has 0 fully saturated rings. The molecule has 140 valence electrons. The summed E-state index contributed by atoms with van der Waals surface area (Å²) in [6.07, 6.45) is -1.85. The van der Waals surface area contributed by atoms with E-state index in [0.29, 0.717) is 19.5 Å². The van der Waals surface area contributed by atoms with Crippen molar-refractivity contribution in [3.8, 4) is 0 Å². The number of nitrogens with zero attached hydrogens (tertiary/aromatic N) is 3. The van der Waals surface area contributed by atoms with E-state index in [2.05, 4.69) is 15.0 Å². The largest absolute Gasteiger partial charge is 0.411 e. The van der Waals surface area contributed by atoms with E-state index in [4.69, 9.17) is 0 Å². The van der Waals surface area contributed by atoms with Gasteiger partial charge in [-0.3, -0.25) is 4.99 Å². The molecule has 1 rings (SSSR count). The van der Waals surface area contributed by atoms with Gasteiger partial charge in [0, 0.05) is 45.7 Å². The van der Waals surface area contributed by atoms with Gasteiger partial charge in [0.25, 0.3) is 0 Å². The Kier molecular flexibility index (Phi) is 11.1. The molecule has 0 amide bonds. The first-order valence-corrected chi connectivity index (χ1v) is 7.57. The number of aromatic nitrogens is 1. The molecule has 1 aromatic rings. The van der Waals surface area contributed by atoms with Crippen LogP contribution in [-0.2, 0) is 18.3 Å². The van der Waals surface area contributed by atoms with Gasteiger partial charge in [-0.05, 0) is 25.5 Å². The van der Waals surface area contributed by atoms with Gasteiger partial charge in [0.2, 0.25) is 0 Å². The van der Waals surface area contributed by atoms with Gasteiger partial charge < -0.3 is 19.5 Å². The van der Waals surface area contributed by atoms with Crippen LogP contribution in [0.15, 0.2) is 23.3 Å². The second-order valence-electron chi connectivity index (χ2n) is 5.22. The van der Waals surface area contributed by atoms with Crippen molar-refractivity contribution in [2.24, 2.45) is 12.0 Å². The Morgan fingerprint density at radius 2 is 2.12 bits per heavy atom. The SMILES string of the molecule is CCNC(=NCCCOCC(F)(F)F)N(C)Cc1cccn1C.I. The highest BCUT2D eigenvalue weighted by Gasteiger charge is 2.27. The molecule has 0 radical (unpaired) electrons. The van der Waals surface area contributed by atoms with Gasteiger partial charge >= 0.3 is 6.18 Å². The van der Waals surface area contributed by atoms with Crippen LogP contribution in [0.3, 0.4) is 0 Å². The maximum absolute atomic E-state index is 11.9. The zero-order valence-corrected chi connectivity index (χ0v) is 16.6. The molecule has 1 N–H and O–H groups in total. The minimum atomic E-state index is -4.27. The number of hydrogen-bond donors (Lipinski definition) is 1. The van der Waals surface area contributed by atoms with E-state index >= 15 is 0 Å². The summed E-state index contributed by atoms with van der Waals surface area (Å²) in [5.41, 5.74) is 1.15. The molecule has 0 unspecified atom stereocenters. The predicted octanol–water partition coefficient (Wildman–Crippen LogP) is 3.01. The zero-order valence-electron chi connectivity index (χ0n) is 14.3. The topological polar surface area (TPSA) is 41.8 Å². The Balaban J connectivity index is 0.00000529. The fourth-order valence-electron chi connectivity index (χ4n) is 1.99. The first kappa shape index (κ1) is 23.0. The number of ether oxygens (including phenoxy) is 1. The molecule has 0 aromatic carbocycles. The fourth-order valence-corrected chi connectivity index (χ4v) is 1.99. The molecule has 0 saturated heterocycles. The lowest BCUT2D eigenvalue weighted by Crippen LogP contribution is -2.39. The molecule has 1 heterocycles. The van der Waals surface area contributed by atoms with E-state index in [1.54, 1.807) is 0 Å². The third kappa shape index (κ3) is 9.36. The van der Waals surface area contributed by atoms with E-state index < -0.39 is 12.8 Å². The lowest BCUT2D eigenvalue weighted by atomic mass is 10.4. The fraction of sp³-hybridized carbons (Fsp3) is 0.667. The van der Waals surface area contributed by atoms with Crippen LogP contribution >= 0.6 is 24.0 Å². The molecule has 0 saturated carbocycles. The molecular formula is C15H26F3IN4O. The maximum atomic E-state index is 11.9. The van der Waals surface area contributed by atoms with E-state index in [9.17, 15) is 13.2 Å². The molecule has 0 aliphatic heterocycles. The summed E-state index contributed by atoms with van der Waals surface area (Å²) in [6, 6.07) is 4.01. The Hall–Kier alpha value is -0.970. The van der Waals surface area contributed by atoms with Gasteiger partial charge in [-0.1, -0.05) is 0 Å². The Bertz CT molecular complexity index is 491. The summed E-state index contributed by atoms with van der Waals surface area (Å²) in [5.74, 6) is 0.726. The second kappa shape index (κ2) is 11.6. The summed E-state index contributed by atoms with van der Waals surface area (Å²) in [7, 11) is 3.90. The molecule has 1 aromatic heterocycles. The minimum absolute atomic E-state index is 0. The molecule has 0 spiro atoms. The van der Waals surface area contributed by atoms with Gasteiger partial charge in [-0.2, -0.15) is 13.2 Å². The highest BCUT2D eigenvalue weighted by Crippen LogP contribution is 2.14. The first-order valence-electron chi connectivity index (χ1n) is 7.57. The first-order chi connectivity index (χ1) is 10.8. The van der Waals surface area contributed by atoms with E-state index in [1.165, 1.54) is 0 Å². The van der Waals surface area contributed by atoms with Gasteiger partial charge in [-0.25, -0.2) is 0 Å².